The van der Waals surface area contributed by atoms with Crippen LogP contribution in [0.1, 0.15) is 6.92 Å². The van der Waals surface area contributed by atoms with Gasteiger partial charge in [-0.15, -0.1) is 0 Å². The van der Waals surface area contributed by atoms with Crippen LogP contribution in [-0.2, 0) is 20.2 Å². The van der Waals surface area contributed by atoms with Crippen molar-refractivity contribution >= 4 is 20.2 Å². The second-order valence-electron chi connectivity index (χ2n) is 8.79. The minimum atomic E-state index is -7.81. The molecule has 4 N–H and O–H groups in total. The maximum Gasteiger partial charge on any atom is 0.384 e. The third-order valence-corrected chi connectivity index (χ3v) is 6.06. The summed E-state index contributed by atoms with van der Waals surface area (Å²) in [6.45, 7) is 1.28. The van der Waals surface area contributed by atoms with Gasteiger partial charge in [-0.2, -0.15) is 105 Å². The van der Waals surface area contributed by atoms with Gasteiger partial charge < -0.3 is 10.2 Å². The summed E-state index contributed by atoms with van der Waals surface area (Å²) in [7, 11) is -12.3. The number of halogens is 24. The van der Waals surface area contributed by atoms with E-state index in [2.05, 4.69) is 0 Å². The lowest BCUT2D eigenvalue weighted by atomic mass is 9.95. The van der Waals surface area contributed by atoms with Gasteiger partial charge in [0.2, 0.25) is 0 Å². The van der Waals surface area contributed by atoms with Crippen LogP contribution in [-0.4, -0.2) is 126 Å². The van der Waals surface area contributed by atoms with Gasteiger partial charge in [-0.3, -0.25) is 9.11 Å². The molecule has 0 saturated heterocycles. The van der Waals surface area contributed by atoms with E-state index in [1.807, 2.05) is 0 Å². The van der Waals surface area contributed by atoms with Gasteiger partial charge in [-0.25, -0.2) is 17.6 Å². The summed E-state index contributed by atoms with van der Waals surface area (Å²) < 4.78 is 357. The highest BCUT2D eigenvalue weighted by atomic mass is 32.2. The summed E-state index contributed by atoms with van der Waals surface area (Å²) in [5.41, 5.74) is 0. The predicted molar refractivity (Wildman–Crippen MR) is 108 cm³/mol. The van der Waals surface area contributed by atoms with Crippen LogP contribution in [0.3, 0.4) is 0 Å². The van der Waals surface area contributed by atoms with E-state index in [1.54, 1.807) is 0 Å². The van der Waals surface area contributed by atoms with Crippen LogP contribution in [0.2, 0.25) is 0 Å². The van der Waals surface area contributed by atoms with Crippen molar-refractivity contribution in [3.05, 3.63) is 0 Å². The van der Waals surface area contributed by atoms with Gasteiger partial charge >= 0.3 is 72.1 Å². The van der Waals surface area contributed by atoms with E-state index in [4.69, 9.17) is 19.3 Å². The van der Waals surface area contributed by atoms with Crippen molar-refractivity contribution in [1.82, 2.24) is 0 Å². The van der Waals surface area contributed by atoms with Crippen molar-refractivity contribution < 1.29 is 142 Å². The van der Waals surface area contributed by atoms with Gasteiger partial charge in [0.05, 0.1) is 0 Å². The second-order valence-corrected chi connectivity index (χ2v) is 11.7. The van der Waals surface area contributed by atoms with Crippen LogP contribution in [0.5, 0.6) is 0 Å². The standard InChI is InChI=1S/2C7H4F12O3S.C2H6O2/c2*8-2(9)4(12,13)6(16,17)7(18,19)5(14,15)3(10,11)1-23(20,21)22;1-2(3)4/h2*2H,1H2,(H,20,21,22);2-4H,1H3. The van der Waals surface area contributed by atoms with Gasteiger partial charge in [-0.1, -0.05) is 0 Å². The Bertz CT molecular complexity index is 1230. The SMILES string of the molecule is CC(O)O.O=S(=O)(O)CC(F)(F)C(F)(F)C(F)(F)C(F)(F)C(F)(F)C(F)F.O=S(=O)(O)CC(F)(F)C(F)(F)C(F)(F)C(F)(F)C(F)(F)C(F)F. The van der Waals surface area contributed by atoms with Crippen LogP contribution in [0, 0.1) is 0 Å². The normalized spacial score (nSPS) is 15.5. The molecule has 34 heteroatoms. The fourth-order valence-corrected chi connectivity index (χ4v) is 3.46. The van der Waals surface area contributed by atoms with Gasteiger partial charge in [0.1, 0.15) is 17.8 Å². The van der Waals surface area contributed by atoms with E-state index >= 15 is 0 Å². The summed E-state index contributed by atoms with van der Waals surface area (Å²) in [4.78, 5) is 0. The Kier molecular flexibility index (Phi) is 15.9. The molecule has 0 aromatic heterocycles. The summed E-state index contributed by atoms with van der Waals surface area (Å²) in [5, 5.41) is 15.2. The van der Waals surface area contributed by atoms with E-state index in [0.717, 1.165) is 0 Å². The van der Waals surface area contributed by atoms with E-state index in [-0.39, 0.29) is 0 Å². The molecule has 0 spiro atoms. The zero-order valence-corrected chi connectivity index (χ0v) is 24.1. The molecule has 0 saturated carbocycles. The lowest BCUT2D eigenvalue weighted by molar-refractivity contribution is -0.410. The smallest absolute Gasteiger partial charge is 0.368 e. The van der Waals surface area contributed by atoms with Gasteiger partial charge in [0, 0.05) is 0 Å². The first kappa shape index (κ1) is 52.4. The van der Waals surface area contributed by atoms with Crippen molar-refractivity contribution in [3.63, 3.8) is 0 Å². The monoisotopic (exact) mass is 854 g/mol. The minimum Gasteiger partial charge on any atom is -0.368 e. The number of hydrogen-bond acceptors (Lipinski definition) is 6. The van der Waals surface area contributed by atoms with Gasteiger partial charge in [0.25, 0.3) is 20.2 Å². The molecule has 0 aliphatic heterocycles. The third kappa shape index (κ3) is 10.6. The molecule has 8 nitrogen and oxygen atoms in total. The molecule has 0 amide bonds. The Labute approximate surface area is 259 Å². The summed E-state index contributed by atoms with van der Waals surface area (Å²) in [6, 6.07) is 0. The minimum absolute atomic E-state index is 1.17. The molecular weight excluding hydrogens is 840 g/mol. The maximum absolute atomic E-state index is 12.9. The summed E-state index contributed by atoms with van der Waals surface area (Å²) >= 11 is 0. The largest absolute Gasteiger partial charge is 0.384 e. The van der Waals surface area contributed by atoms with Crippen LogP contribution >= 0.6 is 0 Å². The van der Waals surface area contributed by atoms with Crippen LogP contribution in [0.15, 0.2) is 0 Å². The lowest BCUT2D eigenvalue weighted by Crippen LogP contribution is -2.69. The topological polar surface area (TPSA) is 149 Å². The Morgan fingerprint density at radius 3 is 0.700 bits per heavy atom. The molecule has 0 unspecified atom stereocenters. The van der Waals surface area contributed by atoms with Crippen LogP contribution in [0.4, 0.5) is 105 Å². The Morgan fingerprint density at radius 1 is 0.420 bits per heavy atom. The highest BCUT2D eigenvalue weighted by Crippen LogP contribution is 2.59. The fourth-order valence-electron chi connectivity index (χ4n) is 2.19. The Balaban J connectivity index is -0.000000797. The number of aliphatic hydroxyl groups is 2. The van der Waals surface area contributed by atoms with E-state index in [9.17, 15) is 122 Å². The van der Waals surface area contributed by atoms with Gasteiger partial charge in [0.15, 0.2) is 0 Å². The van der Waals surface area contributed by atoms with Crippen LogP contribution < -0.4 is 0 Å². The van der Waals surface area contributed by atoms with Gasteiger partial charge in [-0.05, 0) is 6.92 Å². The van der Waals surface area contributed by atoms with Crippen LogP contribution in [0.25, 0.3) is 0 Å². The molecular formula is C16H14F24O8S2. The van der Waals surface area contributed by atoms with Crippen molar-refractivity contribution in [3.8, 4) is 0 Å². The second kappa shape index (κ2) is 15.2. The predicted octanol–water partition coefficient (Wildman–Crippen LogP) is 5.95. The van der Waals surface area contributed by atoms with Crippen molar-refractivity contribution in [2.24, 2.45) is 0 Å². The Hall–Kier alpha value is -1.94. The fraction of sp³-hybridized carbons (Fsp3) is 1.00. The zero-order valence-electron chi connectivity index (χ0n) is 22.5. The van der Waals surface area contributed by atoms with Crippen molar-refractivity contribution in [2.75, 3.05) is 11.5 Å². The quantitative estimate of drug-likeness (QED) is 0.0953. The van der Waals surface area contributed by atoms with E-state index < -0.39 is 110 Å². The molecule has 50 heavy (non-hydrogen) atoms. The molecule has 0 rings (SSSR count). The molecule has 0 heterocycles. The molecule has 0 atom stereocenters. The first-order valence-electron chi connectivity index (χ1n) is 10.6. The number of rotatable bonds is 14. The average molecular weight is 854 g/mol. The molecule has 0 aliphatic rings. The van der Waals surface area contributed by atoms with Crippen molar-refractivity contribution in [1.29, 1.82) is 0 Å². The number of alkyl halides is 24. The first-order valence-corrected chi connectivity index (χ1v) is 13.9. The summed E-state index contributed by atoms with van der Waals surface area (Å²) in [5.74, 6) is -80.9. The first-order chi connectivity index (χ1) is 21.0. The Morgan fingerprint density at radius 2 is 0.580 bits per heavy atom. The summed E-state index contributed by atoms with van der Waals surface area (Å²) in [6.07, 6.45) is -12.5. The van der Waals surface area contributed by atoms with E-state index in [0.29, 0.717) is 0 Å². The highest BCUT2D eigenvalue weighted by molar-refractivity contribution is 7.86. The maximum atomic E-state index is 12.9. The third-order valence-electron chi connectivity index (χ3n) is 4.61. The number of hydrogen-bond donors (Lipinski definition) is 4. The van der Waals surface area contributed by atoms with E-state index in [1.165, 1.54) is 6.92 Å². The molecule has 0 aromatic carbocycles. The highest BCUT2D eigenvalue weighted by Gasteiger charge is 2.89. The lowest BCUT2D eigenvalue weighted by Gasteiger charge is -2.38. The molecule has 0 aromatic rings. The molecule has 0 fully saturated rings. The number of aliphatic hydroxyl groups excluding tert-OH is 1. The van der Waals surface area contributed by atoms with Crippen molar-refractivity contribution in [2.45, 2.75) is 85.3 Å². The molecule has 0 radical (unpaired) electrons. The average Bonchev–Trinajstić information content (AvgIpc) is 2.79. The molecule has 0 aliphatic carbocycles. The zero-order chi connectivity index (χ0) is 42.1. The molecule has 306 valence electrons. The molecule has 0 bridgehead atoms.